The Hall–Kier alpha value is -3.35. The first-order valence-electron chi connectivity index (χ1n) is 13.1. The zero-order valence-electron chi connectivity index (χ0n) is 21.4. The summed E-state index contributed by atoms with van der Waals surface area (Å²) >= 11 is 0. The number of amides is 1. The second-order valence-electron chi connectivity index (χ2n) is 9.62. The average molecular weight is 492 g/mol. The van der Waals surface area contributed by atoms with Crippen molar-refractivity contribution in [1.29, 1.82) is 0 Å². The molecule has 7 heteroatoms. The molecule has 2 aromatic carbocycles. The molecule has 1 aliphatic heterocycles. The summed E-state index contributed by atoms with van der Waals surface area (Å²) in [7, 11) is 1.66. The van der Waals surface area contributed by atoms with Gasteiger partial charge < -0.3 is 19.6 Å². The Morgan fingerprint density at radius 2 is 1.89 bits per heavy atom. The van der Waals surface area contributed by atoms with E-state index < -0.39 is 0 Å². The molecule has 2 aliphatic rings. The number of ether oxygens (including phenoxy) is 2. The molecule has 0 saturated heterocycles. The molecule has 192 valence electrons. The predicted octanol–water partition coefficient (Wildman–Crippen LogP) is 5.71. The van der Waals surface area contributed by atoms with Crippen LogP contribution in [0.3, 0.4) is 0 Å². The van der Waals surface area contributed by atoms with Crippen LogP contribution in [0.5, 0.6) is 11.5 Å². The van der Waals surface area contributed by atoms with Gasteiger partial charge in [-0.25, -0.2) is 0 Å². The summed E-state index contributed by atoms with van der Waals surface area (Å²) in [5.41, 5.74) is 3.73. The molecule has 36 heavy (non-hydrogen) atoms. The molecule has 1 fully saturated rings. The van der Waals surface area contributed by atoms with E-state index in [0.29, 0.717) is 19.4 Å². The fourth-order valence-electron chi connectivity index (χ4n) is 4.78. The summed E-state index contributed by atoms with van der Waals surface area (Å²) in [6.07, 6.45) is 9.60. The topological polar surface area (TPSA) is 80.2 Å². The molecule has 1 saturated carbocycles. The van der Waals surface area contributed by atoms with E-state index in [1.807, 2.05) is 47.5 Å². The van der Waals surface area contributed by atoms with Gasteiger partial charge in [0.15, 0.2) is 11.5 Å². The van der Waals surface area contributed by atoms with Crippen molar-refractivity contribution in [2.75, 3.05) is 12.4 Å². The van der Waals surface area contributed by atoms with Crippen molar-refractivity contribution >= 4 is 23.6 Å². The van der Waals surface area contributed by atoms with Crippen LogP contribution in [-0.4, -0.2) is 42.2 Å². The number of hydrazone groups is 1. The molecule has 0 spiro atoms. The number of unbranched alkanes of at least 4 members (excludes halogenated alkanes) is 1. The molecule has 0 radical (unpaired) electrons. The van der Waals surface area contributed by atoms with Crippen molar-refractivity contribution in [3.05, 3.63) is 53.6 Å². The molecule has 0 bridgehead atoms. The molecule has 1 heterocycles. The standard InChI is InChI=1S/C29H37N3O4/c1-3-4-9-29(34)30-23-13-10-21(11-14-23)19-32-24(20-33)15-16-26(31-32)22-12-17-27(35-2)28(18-22)36-25-7-5-6-8-25/h10-14,17-18,20,24-25H,3-9,15-16,19H2,1-2H3,(H,30,34). The molecule has 0 aromatic heterocycles. The number of rotatable bonds is 11. The summed E-state index contributed by atoms with van der Waals surface area (Å²) in [6.45, 7) is 2.58. The third-order valence-electron chi connectivity index (χ3n) is 6.90. The van der Waals surface area contributed by atoms with Crippen molar-refractivity contribution in [3.8, 4) is 11.5 Å². The first-order chi connectivity index (χ1) is 17.6. The molecule has 1 amide bonds. The Morgan fingerprint density at radius 3 is 2.58 bits per heavy atom. The third kappa shape index (κ3) is 6.65. The summed E-state index contributed by atoms with van der Waals surface area (Å²) in [5.74, 6) is 1.52. The van der Waals surface area contributed by atoms with Crippen molar-refractivity contribution in [3.63, 3.8) is 0 Å². The van der Waals surface area contributed by atoms with E-state index in [1.54, 1.807) is 7.11 Å². The molecule has 1 N–H and O–H groups in total. The lowest BCUT2D eigenvalue weighted by atomic mass is 10.00. The molecule has 4 rings (SSSR count). The molecule has 1 atom stereocenters. The smallest absolute Gasteiger partial charge is 0.224 e. The van der Waals surface area contributed by atoms with Crippen LogP contribution in [0.25, 0.3) is 0 Å². The molecule has 2 aromatic rings. The quantitative estimate of drug-likeness (QED) is 0.407. The largest absolute Gasteiger partial charge is 0.493 e. The maximum absolute atomic E-state index is 12.0. The van der Waals surface area contributed by atoms with Crippen molar-refractivity contribution in [2.24, 2.45) is 5.10 Å². The number of carbonyl (C=O) groups is 2. The summed E-state index contributed by atoms with van der Waals surface area (Å²) in [4.78, 5) is 23.8. The van der Waals surface area contributed by atoms with E-state index in [-0.39, 0.29) is 18.1 Å². The highest BCUT2D eigenvalue weighted by Crippen LogP contribution is 2.33. The minimum Gasteiger partial charge on any atom is -0.493 e. The second-order valence-corrected chi connectivity index (χ2v) is 9.62. The first kappa shape index (κ1) is 25.7. The van der Waals surface area contributed by atoms with Gasteiger partial charge >= 0.3 is 0 Å². The molecule has 1 unspecified atom stereocenters. The van der Waals surface area contributed by atoms with Gasteiger partial charge in [0.1, 0.15) is 12.3 Å². The van der Waals surface area contributed by atoms with Gasteiger partial charge in [-0.1, -0.05) is 25.5 Å². The van der Waals surface area contributed by atoms with E-state index in [0.717, 1.165) is 72.4 Å². The van der Waals surface area contributed by atoms with Crippen LogP contribution in [-0.2, 0) is 16.1 Å². The van der Waals surface area contributed by atoms with E-state index in [4.69, 9.17) is 14.6 Å². The minimum atomic E-state index is -0.269. The number of benzene rings is 2. The average Bonchev–Trinajstić information content (AvgIpc) is 3.41. The number of hydrogen-bond acceptors (Lipinski definition) is 6. The number of carbonyl (C=O) groups excluding carboxylic acids is 2. The fourth-order valence-corrected chi connectivity index (χ4v) is 4.78. The lowest BCUT2D eigenvalue weighted by Crippen LogP contribution is -2.37. The van der Waals surface area contributed by atoms with Crippen molar-refractivity contribution < 1.29 is 19.1 Å². The number of nitrogens with zero attached hydrogens (tertiary/aromatic N) is 2. The van der Waals surface area contributed by atoms with Crippen LogP contribution in [0.15, 0.2) is 47.6 Å². The Balaban J connectivity index is 1.48. The van der Waals surface area contributed by atoms with E-state index in [2.05, 4.69) is 12.2 Å². The minimum absolute atomic E-state index is 0.0339. The van der Waals surface area contributed by atoms with Gasteiger partial charge in [-0.2, -0.15) is 5.10 Å². The third-order valence-corrected chi connectivity index (χ3v) is 6.90. The number of anilines is 1. The maximum atomic E-state index is 12.0. The molecule has 7 nitrogen and oxygen atoms in total. The Bertz CT molecular complexity index is 1060. The number of nitrogens with one attached hydrogen (secondary N) is 1. The fraction of sp³-hybridized carbons (Fsp3) is 0.483. The van der Waals surface area contributed by atoms with Crippen LogP contribution >= 0.6 is 0 Å². The van der Waals surface area contributed by atoms with Gasteiger partial charge in [-0.05, 0) is 80.8 Å². The Morgan fingerprint density at radius 1 is 1.11 bits per heavy atom. The SMILES string of the molecule is CCCCC(=O)Nc1ccc(CN2N=C(c3ccc(OC)c(OC4CCCC4)c3)CCC2C=O)cc1. The molecular formula is C29H37N3O4. The van der Waals surface area contributed by atoms with Gasteiger partial charge in [0.2, 0.25) is 5.91 Å². The van der Waals surface area contributed by atoms with Crippen LogP contribution in [0, 0.1) is 0 Å². The number of aldehydes is 1. The summed E-state index contributed by atoms with van der Waals surface area (Å²) in [6, 6.07) is 13.4. The van der Waals surface area contributed by atoms with E-state index >= 15 is 0 Å². The van der Waals surface area contributed by atoms with Gasteiger partial charge in [-0.15, -0.1) is 0 Å². The monoisotopic (exact) mass is 491 g/mol. The predicted molar refractivity (Wildman–Crippen MR) is 142 cm³/mol. The van der Waals surface area contributed by atoms with Gasteiger partial charge in [0, 0.05) is 17.7 Å². The highest BCUT2D eigenvalue weighted by molar-refractivity contribution is 6.01. The molecule has 1 aliphatic carbocycles. The maximum Gasteiger partial charge on any atom is 0.224 e. The lowest BCUT2D eigenvalue weighted by molar-refractivity contribution is -0.116. The lowest BCUT2D eigenvalue weighted by Gasteiger charge is -2.31. The zero-order chi connectivity index (χ0) is 25.3. The van der Waals surface area contributed by atoms with Gasteiger partial charge in [-0.3, -0.25) is 9.80 Å². The number of hydrogen-bond donors (Lipinski definition) is 1. The van der Waals surface area contributed by atoms with Crippen molar-refractivity contribution in [2.45, 2.75) is 83.4 Å². The number of methoxy groups -OCH3 is 1. The van der Waals surface area contributed by atoms with Crippen molar-refractivity contribution in [1.82, 2.24) is 5.01 Å². The summed E-state index contributed by atoms with van der Waals surface area (Å²) in [5, 5.41) is 9.69. The molecular weight excluding hydrogens is 454 g/mol. The van der Waals surface area contributed by atoms with Gasteiger partial charge in [0.25, 0.3) is 0 Å². The second kappa shape index (κ2) is 12.6. The summed E-state index contributed by atoms with van der Waals surface area (Å²) < 4.78 is 11.8. The van der Waals surface area contributed by atoms with Crippen LogP contribution < -0.4 is 14.8 Å². The highest BCUT2D eigenvalue weighted by Gasteiger charge is 2.25. The Labute approximate surface area is 213 Å². The van der Waals surface area contributed by atoms with E-state index in [1.165, 1.54) is 12.8 Å². The normalized spacial score (nSPS) is 18.0. The van der Waals surface area contributed by atoms with E-state index in [9.17, 15) is 9.59 Å². The van der Waals surface area contributed by atoms with Crippen LogP contribution in [0.2, 0.25) is 0 Å². The Kier molecular flexibility index (Phi) is 8.98. The van der Waals surface area contributed by atoms with Crippen LogP contribution in [0.1, 0.15) is 75.8 Å². The van der Waals surface area contributed by atoms with Crippen LogP contribution in [0.4, 0.5) is 5.69 Å². The zero-order valence-corrected chi connectivity index (χ0v) is 21.4. The highest BCUT2D eigenvalue weighted by atomic mass is 16.5. The van der Waals surface area contributed by atoms with Gasteiger partial charge in [0.05, 0.1) is 25.5 Å². The first-order valence-corrected chi connectivity index (χ1v) is 13.1.